The van der Waals surface area contributed by atoms with Crippen LogP contribution in [0.3, 0.4) is 0 Å². The molecule has 2 aromatic carbocycles. The number of aromatic amines is 1. The standard InChI is InChI=1S/C16H13FN4O3/c1-24-21-14(9-2-5-11(17)6-3-9)10-4-7-12-13(8-10)19-15(18-12)20-16(22)23/h2-8H,1H3,(H,22,23)(H2,18,19,20)/b21-14-. The van der Waals surface area contributed by atoms with Gasteiger partial charge in [0.05, 0.1) is 11.0 Å². The number of anilines is 1. The van der Waals surface area contributed by atoms with Crippen molar-refractivity contribution in [1.82, 2.24) is 9.97 Å². The van der Waals surface area contributed by atoms with Crippen LogP contribution >= 0.6 is 0 Å². The number of oxime groups is 1. The lowest BCUT2D eigenvalue weighted by molar-refractivity contribution is 0.209. The Labute approximate surface area is 135 Å². The number of aromatic nitrogens is 2. The van der Waals surface area contributed by atoms with Gasteiger partial charge in [0.1, 0.15) is 18.6 Å². The van der Waals surface area contributed by atoms with Crippen LogP contribution in [0.15, 0.2) is 47.6 Å². The van der Waals surface area contributed by atoms with Crippen LogP contribution in [0.5, 0.6) is 0 Å². The van der Waals surface area contributed by atoms with Crippen LogP contribution in [0, 0.1) is 5.82 Å². The summed E-state index contributed by atoms with van der Waals surface area (Å²) in [5.74, 6) is -0.217. The highest BCUT2D eigenvalue weighted by atomic mass is 19.1. The van der Waals surface area contributed by atoms with Gasteiger partial charge in [-0.1, -0.05) is 11.2 Å². The minimum atomic E-state index is -1.21. The van der Waals surface area contributed by atoms with Crippen LogP contribution in [0.2, 0.25) is 0 Å². The van der Waals surface area contributed by atoms with Crippen molar-refractivity contribution in [3.8, 4) is 0 Å². The number of nitrogens with zero attached hydrogens (tertiary/aromatic N) is 2. The van der Waals surface area contributed by atoms with Crippen LogP contribution in [0.4, 0.5) is 15.1 Å². The second kappa shape index (κ2) is 6.37. The number of hydrogen-bond donors (Lipinski definition) is 3. The first-order chi connectivity index (χ1) is 11.6. The minimum absolute atomic E-state index is 0.127. The van der Waals surface area contributed by atoms with Gasteiger partial charge >= 0.3 is 6.09 Å². The molecule has 0 fully saturated rings. The van der Waals surface area contributed by atoms with Gasteiger partial charge in [0.2, 0.25) is 5.95 Å². The molecule has 3 rings (SSSR count). The molecule has 24 heavy (non-hydrogen) atoms. The number of amides is 1. The molecule has 122 valence electrons. The highest BCUT2D eigenvalue weighted by molar-refractivity contribution is 6.13. The number of halogens is 1. The number of carbonyl (C=O) groups is 1. The number of carboxylic acid groups (broad SMARTS) is 1. The van der Waals surface area contributed by atoms with Crippen molar-refractivity contribution < 1.29 is 19.1 Å². The maximum absolute atomic E-state index is 13.1. The lowest BCUT2D eigenvalue weighted by atomic mass is 10.0. The first kappa shape index (κ1) is 15.5. The fourth-order valence-electron chi connectivity index (χ4n) is 2.29. The van der Waals surface area contributed by atoms with Crippen molar-refractivity contribution in [3.63, 3.8) is 0 Å². The molecule has 0 radical (unpaired) electrons. The molecule has 0 saturated heterocycles. The SMILES string of the molecule is CO/N=C(/c1ccc(F)cc1)c1ccc2nc(NC(=O)O)[nH]c2c1. The Bertz CT molecular complexity index is 919. The van der Waals surface area contributed by atoms with E-state index in [0.717, 1.165) is 0 Å². The molecule has 0 aliphatic carbocycles. The summed E-state index contributed by atoms with van der Waals surface area (Å²) in [7, 11) is 1.42. The number of nitrogens with one attached hydrogen (secondary N) is 2. The van der Waals surface area contributed by atoms with Crippen molar-refractivity contribution in [2.24, 2.45) is 5.16 Å². The molecule has 0 aliphatic rings. The predicted octanol–water partition coefficient (Wildman–Crippen LogP) is 3.19. The van der Waals surface area contributed by atoms with Crippen molar-refractivity contribution in [2.45, 2.75) is 0 Å². The molecule has 0 bridgehead atoms. The summed E-state index contributed by atoms with van der Waals surface area (Å²) in [5.41, 5.74) is 3.13. The lowest BCUT2D eigenvalue weighted by Gasteiger charge is -2.06. The quantitative estimate of drug-likeness (QED) is 0.506. The van der Waals surface area contributed by atoms with Crippen LogP contribution in [0.25, 0.3) is 11.0 Å². The highest BCUT2D eigenvalue weighted by Crippen LogP contribution is 2.19. The van der Waals surface area contributed by atoms with Gasteiger partial charge in [-0.05, 0) is 36.4 Å². The summed E-state index contributed by atoms with van der Waals surface area (Å²) in [6.45, 7) is 0. The van der Waals surface area contributed by atoms with Gasteiger partial charge in [0, 0.05) is 11.1 Å². The number of benzene rings is 2. The number of rotatable bonds is 4. The third-order valence-corrected chi connectivity index (χ3v) is 3.28. The predicted molar refractivity (Wildman–Crippen MR) is 86.8 cm³/mol. The largest absolute Gasteiger partial charge is 0.465 e. The van der Waals surface area contributed by atoms with E-state index in [1.807, 2.05) is 0 Å². The maximum atomic E-state index is 13.1. The first-order valence-corrected chi connectivity index (χ1v) is 6.94. The second-order valence-corrected chi connectivity index (χ2v) is 4.88. The number of H-pyrrole nitrogens is 1. The van der Waals surface area contributed by atoms with E-state index >= 15 is 0 Å². The Morgan fingerprint density at radius 3 is 2.62 bits per heavy atom. The van der Waals surface area contributed by atoms with E-state index in [1.165, 1.54) is 19.2 Å². The molecule has 7 nitrogen and oxygen atoms in total. The number of hydrogen-bond acceptors (Lipinski definition) is 4. The zero-order valence-corrected chi connectivity index (χ0v) is 12.6. The van der Waals surface area contributed by atoms with E-state index in [-0.39, 0.29) is 11.8 Å². The van der Waals surface area contributed by atoms with Gasteiger partial charge in [0.25, 0.3) is 0 Å². The van der Waals surface area contributed by atoms with Crippen molar-refractivity contribution in [3.05, 3.63) is 59.4 Å². The molecule has 1 aromatic heterocycles. The van der Waals surface area contributed by atoms with Gasteiger partial charge in [-0.25, -0.2) is 14.2 Å². The summed E-state index contributed by atoms with van der Waals surface area (Å²) in [6, 6.07) is 11.1. The first-order valence-electron chi connectivity index (χ1n) is 6.94. The van der Waals surface area contributed by atoms with Crippen molar-refractivity contribution in [2.75, 3.05) is 12.4 Å². The van der Waals surface area contributed by atoms with E-state index in [0.29, 0.717) is 27.9 Å². The molecule has 1 amide bonds. The molecule has 3 aromatic rings. The van der Waals surface area contributed by atoms with Crippen LogP contribution < -0.4 is 5.32 Å². The lowest BCUT2D eigenvalue weighted by Crippen LogP contribution is -2.08. The Kier molecular flexibility index (Phi) is 4.11. The summed E-state index contributed by atoms with van der Waals surface area (Å²) in [4.78, 5) is 22.6. The third kappa shape index (κ3) is 3.17. The molecule has 0 atom stereocenters. The zero-order chi connectivity index (χ0) is 17.1. The number of fused-ring (bicyclic) bond motifs is 1. The van der Waals surface area contributed by atoms with Crippen molar-refractivity contribution >= 4 is 28.8 Å². The fraction of sp³-hybridized carbons (Fsp3) is 0.0625. The molecule has 0 aliphatic heterocycles. The number of imidazole rings is 1. The summed E-state index contributed by atoms with van der Waals surface area (Å²) in [6.07, 6.45) is -1.21. The van der Waals surface area contributed by atoms with Gasteiger partial charge in [-0.2, -0.15) is 0 Å². The molecular weight excluding hydrogens is 315 g/mol. The van der Waals surface area contributed by atoms with Crippen LogP contribution in [0.1, 0.15) is 11.1 Å². The monoisotopic (exact) mass is 328 g/mol. The van der Waals surface area contributed by atoms with E-state index < -0.39 is 6.09 Å². The van der Waals surface area contributed by atoms with Gasteiger partial charge < -0.3 is 14.9 Å². The summed E-state index contributed by atoms with van der Waals surface area (Å²) in [5, 5.41) is 14.9. The van der Waals surface area contributed by atoms with E-state index in [4.69, 9.17) is 9.94 Å². The van der Waals surface area contributed by atoms with Crippen LogP contribution in [-0.2, 0) is 4.84 Å². The van der Waals surface area contributed by atoms with E-state index in [2.05, 4.69) is 20.4 Å². The Balaban J connectivity index is 2.03. The fourth-order valence-corrected chi connectivity index (χ4v) is 2.29. The molecule has 8 heteroatoms. The smallest absolute Gasteiger partial charge is 0.411 e. The Morgan fingerprint density at radius 2 is 1.96 bits per heavy atom. The third-order valence-electron chi connectivity index (χ3n) is 3.28. The van der Waals surface area contributed by atoms with Gasteiger partial charge in [-0.15, -0.1) is 0 Å². The highest BCUT2D eigenvalue weighted by Gasteiger charge is 2.12. The zero-order valence-electron chi connectivity index (χ0n) is 12.6. The Morgan fingerprint density at radius 1 is 1.25 bits per heavy atom. The van der Waals surface area contributed by atoms with E-state index in [1.54, 1.807) is 30.3 Å². The summed E-state index contributed by atoms with van der Waals surface area (Å²) < 4.78 is 13.1. The second-order valence-electron chi connectivity index (χ2n) is 4.88. The molecule has 0 spiro atoms. The summed E-state index contributed by atoms with van der Waals surface area (Å²) >= 11 is 0. The Hall–Kier alpha value is -3.42. The molecule has 0 saturated carbocycles. The molecule has 0 unspecified atom stereocenters. The maximum Gasteiger partial charge on any atom is 0.411 e. The topological polar surface area (TPSA) is 99.6 Å². The molecule has 3 N–H and O–H groups in total. The normalized spacial score (nSPS) is 11.5. The minimum Gasteiger partial charge on any atom is -0.465 e. The van der Waals surface area contributed by atoms with Gasteiger partial charge in [-0.3, -0.25) is 5.32 Å². The molecule has 1 heterocycles. The van der Waals surface area contributed by atoms with Crippen LogP contribution in [-0.4, -0.2) is 34.0 Å². The average Bonchev–Trinajstić information content (AvgIpc) is 2.94. The van der Waals surface area contributed by atoms with E-state index in [9.17, 15) is 9.18 Å². The average molecular weight is 328 g/mol. The molecular formula is C16H13FN4O3. The van der Waals surface area contributed by atoms with Crippen molar-refractivity contribution in [1.29, 1.82) is 0 Å². The van der Waals surface area contributed by atoms with Gasteiger partial charge in [0.15, 0.2) is 0 Å².